The van der Waals surface area contributed by atoms with Crippen LogP contribution in [0.1, 0.15) is 51.9 Å². The van der Waals surface area contributed by atoms with Crippen LogP contribution in [0, 0.1) is 29.6 Å². The molecule has 0 aromatic carbocycles. The van der Waals surface area contributed by atoms with Crippen molar-refractivity contribution in [1.82, 2.24) is 10.6 Å². The van der Waals surface area contributed by atoms with Gasteiger partial charge in [-0.2, -0.15) is 0 Å². The highest BCUT2D eigenvalue weighted by molar-refractivity contribution is 5.91. The Morgan fingerprint density at radius 3 is 2.04 bits per heavy atom. The number of carbonyl (C=O) groups is 4. The molecule has 2 atom stereocenters. The molecule has 3 amide bonds. The normalized spacial score (nSPS) is 33.1. The average Bonchev–Trinajstić information content (AvgIpc) is 2.56. The van der Waals surface area contributed by atoms with Crippen molar-refractivity contribution in [2.24, 2.45) is 35.3 Å². The zero-order chi connectivity index (χ0) is 19.7. The first-order valence-corrected chi connectivity index (χ1v) is 9.86. The molecule has 0 aromatic heterocycles. The SMILES string of the molecule is CC(NC(=O)C1C2CC3CC(C2)CC1C3)C(=O)NC(CCC(N)=O)C(=O)O. The van der Waals surface area contributed by atoms with Crippen molar-refractivity contribution in [3.8, 4) is 0 Å². The number of carboxylic acid groups (broad SMARTS) is 1. The maximum Gasteiger partial charge on any atom is 0.326 e. The molecule has 8 heteroatoms. The predicted molar refractivity (Wildman–Crippen MR) is 96.1 cm³/mol. The lowest BCUT2D eigenvalue weighted by atomic mass is 9.51. The Morgan fingerprint density at radius 1 is 1.00 bits per heavy atom. The van der Waals surface area contributed by atoms with Crippen LogP contribution in [0.2, 0.25) is 0 Å². The number of carbonyl (C=O) groups excluding carboxylic acids is 3. The summed E-state index contributed by atoms with van der Waals surface area (Å²) in [4.78, 5) is 47.2. The Kier molecular flexibility index (Phi) is 5.72. The molecule has 27 heavy (non-hydrogen) atoms. The van der Waals surface area contributed by atoms with E-state index in [9.17, 15) is 24.3 Å². The fourth-order valence-corrected chi connectivity index (χ4v) is 5.57. The molecule has 4 rings (SSSR count). The van der Waals surface area contributed by atoms with E-state index in [4.69, 9.17) is 5.73 Å². The molecule has 0 radical (unpaired) electrons. The van der Waals surface area contributed by atoms with Gasteiger partial charge in [0.25, 0.3) is 0 Å². The third-order valence-corrected chi connectivity index (χ3v) is 6.58. The van der Waals surface area contributed by atoms with E-state index in [0.29, 0.717) is 11.8 Å². The molecule has 4 fully saturated rings. The first-order valence-electron chi connectivity index (χ1n) is 9.86. The van der Waals surface area contributed by atoms with Crippen LogP contribution in [0.15, 0.2) is 0 Å². The number of primary amides is 1. The molecule has 4 saturated carbocycles. The summed E-state index contributed by atoms with van der Waals surface area (Å²) in [6.45, 7) is 1.55. The summed E-state index contributed by atoms with van der Waals surface area (Å²) < 4.78 is 0. The van der Waals surface area contributed by atoms with E-state index in [2.05, 4.69) is 10.6 Å². The summed E-state index contributed by atoms with van der Waals surface area (Å²) in [5.74, 6) is -0.184. The topological polar surface area (TPSA) is 139 Å². The van der Waals surface area contributed by atoms with Crippen molar-refractivity contribution in [2.75, 3.05) is 0 Å². The van der Waals surface area contributed by atoms with E-state index in [1.165, 1.54) is 6.42 Å². The van der Waals surface area contributed by atoms with E-state index in [1.54, 1.807) is 6.92 Å². The Labute approximate surface area is 158 Å². The maximum atomic E-state index is 12.8. The van der Waals surface area contributed by atoms with Gasteiger partial charge in [0.15, 0.2) is 0 Å². The summed E-state index contributed by atoms with van der Waals surface area (Å²) in [5.41, 5.74) is 5.04. The molecule has 2 unspecified atom stereocenters. The van der Waals surface area contributed by atoms with Crippen LogP contribution in [0.4, 0.5) is 0 Å². The van der Waals surface area contributed by atoms with Gasteiger partial charge in [0.05, 0.1) is 0 Å². The largest absolute Gasteiger partial charge is 0.480 e. The van der Waals surface area contributed by atoms with Gasteiger partial charge in [-0.15, -0.1) is 0 Å². The predicted octanol–water partition coefficient (Wildman–Crippen LogP) is 0.398. The van der Waals surface area contributed by atoms with Crippen molar-refractivity contribution in [3.05, 3.63) is 0 Å². The van der Waals surface area contributed by atoms with Crippen LogP contribution in [-0.4, -0.2) is 40.9 Å². The Hall–Kier alpha value is -2.12. The van der Waals surface area contributed by atoms with E-state index < -0.39 is 29.9 Å². The lowest BCUT2D eigenvalue weighted by Gasteiger charge is -2.53. The van der Waals surface area contributed by atoms with Crippen LogP contribution in [-0.2, 0) is 19.2 Å². The molecule has 0 aromatic rings. The molecule has 8 nitrogen and oxygen atoms in total. The molecule has 4 bridgehead atoms. The van der Waals surface area contributed by atoms with Gasteiger partial charge in [-0.05, 0) is 69.1 Å². The molecule has 5 N–H and O–H groups in total. The van der Waals surface area contributed by atoms with E-state index in [0.717, 1.165) is 37.5 Å². The van der Waals surface area contributed by atoms with Gasteiger partial charge in [0.2, 0.25) is 17.7 Å². The van der Waals surface area contributed by atoms with Gasteiger partial charge >= 0.3 is 5.97 Å². The smallest absolute Gasteiger partial charge is 0.326 e. The summed E-state index contributed by atoms with van der Waals surface area (Å²) in [6, 6.07) is -2.03. The molecule has 0 aliphatic heterocycles. The number of rotatable bonds is 8. The number of hydrogen-bond acceptors (Lipinski definition) is 4. The highest BCUT2D eigenvalue weighted by atomic mass is 16.4. The van der Waals surface area contributed by atoms with Gasteiger partial charge < -0.3 is 21.5 Å². The number of amides is 3. The number of nitrogens with two attached hydrogens (primary N) is 1. The zero-order valence-electron chi connectivity index (χ0n) is 15.6. The number of aliphatic carboxylic acids is 1. The fraction of sp³-hybridized carbons (Fsp3) is 0.789. The number of nitrogens with one attached hydrogen (secondary N) is 2. The molecule has 4 aliphatic rings. The van der Waals surface area contributed by atoms with Crippen LogP contribution in [0.5, 0.6) is 0 Å². The molecule has 0 heterocycles. The molecule has 0 spiro atoms. The molecule has 0 saturated heterocycles. The monoisotopic (exact) mass is 379 g/mol. The average molecular weight is 379 g/mol. The van der Waals surface area contributed by atoms with Crippen molar-refractivity contribution >= 4 is 23.7 Å². The molecule has 150 valence electrons. The molecular weight excluding hydrogens is 350 g/mol. The highest BCUT2D eigenvalue weighted by Gasteiger charge is 2.50. The molecule has 4 aliphatic carbocycles. The van der Waals surface area contributed by atoms with Gasteiger partial charge in [-0.1, -0.05) is 0 Å². The standard InChI is InChI=1S/C19H29N3O5/c1-9(17(24)22-14(19(26)27)2-3-15(20)23)21-18(25)16-12-5-10-4-11(7-12)8-13(16)6-10/h9-14,16H,2-8H2,1H3,(H2,20,23)(H,21,25)(H,22,24)(H,26,27). The van der Waals surface area contributed by atoms with Crippen LogP contribution in [0.25, 0.3) is 0 Å². The van der Waals surface area contributed by atoms with E-state index in [-0.39, 0.29) is 24.7 Å². The lowest BCUT2D eigenvalue weighted by Crippen LogP contribution is -2.55. The Balaban J connectivity index is 1.53. The van der Waals surface area contributed by atoms with Crippen molar-refractivity contribution in [3.63, 3.8) is 0 Å². The van der Waals surface area contributed by atoms with Crippen LogP contribution < -0.4 is 16.4 Å². The van der Waals surface area contributed by atoms with Crippen molar-refractivity contribution < 1.29 is 24.3 Å². The summed E-state index contributed by atoms with van der Waals surface area (Å²) in [6.07, 6.45) is 5.54. The van der Waals surface area contributed by atoms with Gasteiger partial charge in [0, 0.05) is 12.3 Å². The van der Waals surface area contributed by atoms with E-state index >= 15 is 0 Å². The minimum absolute atomic E-state index is 0.0295. The van der Waals surface area contributed by atoms with E-state index in [1.807, 2.05) is 0 Å². The third-order valence-electron chi connectivity index (χ3n) is 6.58. The number of hydrogen-bond donors (Lipinski definition) is 4. The molecular formula is C19H29N3O5. The second-order valence-corrected chi connectivity index (χ2v) is 8.59. The van der Waals surface area contributed by atoms with Gasteiger partial charge in [-0.25, -0.2) is 4.79 Å². The van der Waals surface area contributed by atoms with Crippen LogP contribution in [0.3, 0.4) is 0 Å². The first-order chi connectivity index (χ1) is 12.7. The first kappa shape index (κ1) is 19.6. The second kappa shape index (κ2) is 7.86. The minimum Gasteiger partial charge on any atom is -0.480 e. The summed E-state index contributed by atoms with van der Waals surface area (Å²) >= 11 is 0. The second-order valence-electron chi connectivity index (χ2n) is 8.59. The van der Waals surface area contributed by atoms with Gasteiger partial charge in [-0.3, -0.25) is 14.4 Å². The quantitative estimate of drug-likeness (QED) is 0.483. The Morgan fingerprint density at radius 2 is 1.56 bits per heavy atom. The summed E-state index contributed by atoms with van der Waals surface area (Å²) in [7, 11) is 0. The fourth-order valence-electron chi connectivity index (χ4n) is 5.57. The minimum atomic E-state index is -1.23. The Bertz CT molecular complexity index is 607. The highest BCUT2D eigenvalue weighted by Crippen LogP contribution is 2.56. The maximum absolute atomic E-state index is 12.8. The third kappa shape index (κ3) is 4.42. The van der Waals surface area contributed by atoms with Crippen molar-refractivity contribution in [2.45, 2.75) is 64.0 Å². The van der Waals surface area contributed by atoms with Crippen molar-refractivity contribution in [1.29, 1.82) is 0 Å². The van der Waals surface area contributed by atoms with Crippen LogP contribution >= 0.6 is 0 Å². The number of carboxylic acids is 1. The van der Waals surface area contributed by atoms with Gasteiger partial charge in [0.1, 0.15) is 12.1 Å². The zero-order valence-corrected chi connectivity index (χ0v) is 15.6. The lowest BCUT2D eigenvalue weighted by molar-refractivity contribution is -0.143. The summed E-state index contributed by atoms with van der Waals surface area (Å²) in [5, 5.41) is 14.4.